The van der Waals surface area contributed by atoms with E-state index in [1.165, 1.54) is 13.0 Å². The van der Waals surface area contributed by atoms with Gasteiger partial charge in [-0.15, -0.1) is 0 Å². The van der Waals surface area contributed by atoms with Gasteiger partial charge < -0.3 is 14.6 Å². The molecule has 0 aliphatic carbocycles. The van der Waals surface area contributed by atoms with Crippen molar-refractivity contribution in [2.24, 2.45) is 0 Å². The van der Waals surface area contributed by atoms with E-state index in [1.807, 2.05) is 6.07 Å². The summed E-state index contributed by atoms with van der Waals surface area (Å²) in [6.45, 7) is 1.18. The average molecular weight is 234 g/mol. The fourth-order valence-electron chi connectivity index (χ4n) is 1.38. The zero-order valence-corrected chi connectivity index (χ0v) is 9.04. The molecular weight excluding hydrogens is 224 g/mol. The largest absolute Gasteiger partial charge is 0.475 e. The maximum absolute atomic E-state index is 11.4. The first-order valence-corrected chi connectivity index (χ1v) is 4.94. The highest BCUT2D eigenvalue weighted by Gasteiger charge is 2.48. The lowest BCUT2D eigenvalue weighted by molar-refractivity contribution is -0.195. The molecule has 0 saturated carbocycles. The summed E-state index contributed by atoms with van der Waals surface area (Å²) in [4.78, 5) is 22.3. The first-order valence-electron chi connectivity index (χ1n) is 4.94. The van der Waals surface area contributed by atoms with Gasteiger partial charge in [-0.2, -0.15) is 0 Å². The second-order valence-corrected chi connectivity index (χ2v) is 3.66. The monoisotopic (exact) mass is 234 g/mol. The summed E-state index contributed by atoms with van der Waals surface area (Å²) in [7, 11) is 0. The molecule has 1 aromatic carbocycles. The third-order valence-electron chi connectivity index (χ3n) is 2.28. The number of hydrogen-bond donors (Lipinski definition) is 1. The highest BCUT2D eigenvalue weighted by molar-refractivity contribution is 5.96. The van der Waals surface area contributed by atoms with Crippen molar-refractivity contribution in [3.8, 4) is 0 Å². The van der Waals surface area contributed by atoms with Gasteiger partial charge in [-0.25, -0.2) is 9.59 Å². The normalized spacial score (nSPS) is 25.5. The molecule has 17 heavy (non-hydrogen) atoms. The van der Waals surface area contributed by atoms with Crippen molar-refractivity contribution in [2.75, 3.05) is 0 Å². The molecule has 88 valence electrons. The number of benzene rings is 1. The Labute approximate surface area is 97.3 Å². The van der Waals surface area contributed by atoms with Crippen molar-refractivity contribution in [2.45, 2.75) is 12.7 Å². The standard InChI is InChI=1S/C12H10O5/c1-12(11(14)15)16-9(10(13)17-12)7-8-5-3-2-4-6-8/h2-7H,1H3,(H,14,15). The van der Waals surface area contributed by atoms with Crippen LogP contribution in [-0.4, -0.2) is 22.8 Å². The maximum Gasteiger partial charge on any atom is 0.390 e. The molecule has 2 rings (SSSR count). The molecule has 1 heterocycles. The Hall–Kier alpha value is -2.30. The Morgan fingerprint density at radius 2 is 1.94 bits per heavy atom. The summed E-state index contributed by atoms with van der Waals surface area (Å²) in [5.41, 5.74) is 0.731. The highest BCUT2D eigenvalue weighted by Crippen LogP contribution is 2.28. The minimum atomic E-state index is -1.93. The van der Waals surface area contributed by atoms with E-state index in [9.17, 15) is 9.59 Å². The third kappa shape index (κ3) is 2.13. The number of carboxylic acids is 1. The molecule has 5 nitrogen and oxygen atoms in total. The van der Waals surface area contributed by atoms with Gasteiger partial charge in [0.25, 0.3) is 0 Å². The maximum atomic E-state index is 11.4. The Morgan fingerprint density at radius 1 is 1.29 bits per heavy atom. The van der Waals surface area contributed by atoms with E-state index in [1.54, 1.807) is 24.3 Å². The van der Waals surface area contributed by atoms with Crippen LogP contribution in [-0.2, 0) is 19.1 Å². The predicted molar refractivity (Wildman–Crippen MR) is 57.6 cm³/mol. The van der Waals surface area contributed by atoms with Crippen molar-refractivity contribution >= 4 is 18.0 Å². The number of esters is 1. The van der Waals surface area contributed by atoms with Crippen LogP contribution < -0.4 is 0 Å². The molecule has 1 N–H and O–H groups in total. The molecule has 0 spiro atoms. The van der Waals surface area contributed by atoms with E-state index in [0.29, 0.717) is 0 Å². The van der Waals surface area contributed by atoms with E-state index >= 15 is 0 Å². The van der Waals surface area contributed by atoms with Crippen molar-refractivity contribution < 1.29 is 24.2 Å². The summed E-state index contributed by atoms with van der Waals surface area (Å²) < 4.78 is 9.68. The molecule has 1 fully saturated rings. The fourth-order valence-corrected chi connectivity index (χ4v) is 1.38. The number of carbonyl (C=O) groups excluding carboxylic acids is 1. The average Bonchev–Trinajstić information content (AvgIpc) is 2.57. The number of carboxylic acid groups (broad SMARTS) is 1. The zero-order chi connectivity index (χ0) is 12.5. The molecule has 1 atom stereocenters. The zero-order valence-electron chi connectivity index (χ0n) is 9.04. The fraction of sp³-hybridized carbons (Fsp3) is 0.167. The van der Waals surface area contributed by atoms with Crippen LogP contribution in [0.1, 0.15) is 12.5 Å². The van der Waals surface area contributed by atoms with Gasteiger partial charge in [-0.3, -0.25) is 0 Å². The lowest BCUT2D eigenvalue weighted by atomic mass is 10.2. The summed E-state index contributed by atoms with van der Waals surface area (Å²) in [5, 5.41) is 8.84. The number of ether oxygens (including phenoxy) is 2. The lowest BCUT2D eigenvalue weighted by Crippen LogP contribution is -2.36. The minimum absolute atomic E-state index is 0.110. The van der Waals surface area contributed by atoms with E-state index in [4.69, 9.17) is 9.84 Å². The van der Waals surface area contributed by atoms with Gasteiger partial charge in [-0.05, 0) is 11.6 Å². The summed E-state index contributed by atoms with van der Waals surface area (Å²) in [6, 6.07) is 8.95. The topological polar surface area (TPSA) is 72.8 Å². The molecule has 1 aromatic rings. The van der Waals surface area contributed by atoms with Gasteiger partial charge in [0, 0.05) is 6.92 Å². The van der Waals surface area contributed by atoms with Gasteiger partial charge in [0.15, 0.2) is 0 Å². The summed E-state index contributed by atoms with van der Waals surface area (Å²) >= 11 is 0. The van der Waals surface area contributed by atoms with Gasteiger partial charge in [0.2, 0.25) is 5.76 Å². The number of cyclic esters (lactones) is 1. The summed E-state index contributed by atoms with van der Waals surface area (Å²) in [5.74, 6) is -4.17. The number of aliphatic carboxylic acids is 1. The number of hydrogen-bond acceptors (Lipinski definition) is 4. The van der Waals surface area contributed by atoms with E-state index in [2.05, 4.69) is 4.74 Å². The Bertz CT molecular complexity index is 491. The van der Waals surface area contributed by atoms with E-state index in [-0.39, 0.29) is 5.76 Å². The van der Waals surface area contributed by atoms with Crippen LogP contribution in [0.2, 0.25) is 0 Å². The van der Waals surface area contributed by atoms with Crippen molar-refractivity contribution in [1.82, 2.24) is 0 Å². The second-order valence-electron chi connectivity index (χ2n) is 3.66. The predicted octanol–water partition coefficient (Wildman–Crippen LogP) is 1.40. The van der Waals surface area contributed by atoms with Crippen LogP contribution in [0.4, 0.5) is 0 Å². The van der Waals surface area contributed by atoms with Crippen molar-refractivity contribution in [3.05, 3.63) is 41.7 Å². The molecule has 0 aromatic heterocycles. The van der Waals surface area contributed by atoms with Gasteiger partial charge >= 0.3 is 17.7 Å². The molecule has 1 aliphatic rings. The van der Waals surface area contributed by atoms with Gasteiger partial charge in [0.1, 0.15) is 0 Å². The van der Waals surface area contributed by atoms with Crippen molar-refractivity contribution in [3.63, 3.8) is 0 Å². The Kier molecular flexibility index (Phi) is 2.59. The first-order chi connectivity index (χ1) is 8.01. The van der Waals surface area contributed by atoms with Crippen LogP contribution in [0, 0.1) is 0 Å². The molecule has 0 bridgehead atoms. The number of carbonyl (C=O) groups is 2. The van der Waals surface area contributed by atoms with Gasteiger partial charge in [-0.1, -0.05) is 30.3 Å². The molecule has 1 saturated heterocycles. The molecular formula is C12H10O5. The molecule has 0 radical (unpaired) electrons. The van der Waals surface area contributed by atoms with Crippen LogP contribution >= 0.6 is 0 Å². The second kappa shape index (κ2) is 3.93. The molecule has 1 unspecified atom stereocenters. The lowest BCUT2D eigenvalue weighted by Gasteiger charge is -2.14. The van der Waals surface area contributed by atoms with Crippen LogP contribution in [0.25, 0.3) is 6.08 Å². The smallest absolute Gasteiger partial charge is 0.390 e. The molecule has 5 heteroatoms. The van der Waals surface area contributed by atoms with Crippen molar-refractivity contribution in [1.29, 1.82) is 0 Å². The first kappa shape index (κ1) is 11.2. The Balaban J connectivity index is 2.28. The third-order valence-corrected chi connectivity index (χ3v) is 2.28. The quantitative estimate of drug-likeness (QED) is 0.618. The van der Waals surface area contributed by atoms with Crippen LogP contribution in [0.3, 0.4) is 0 Å². The van der Waals surface area contributed by atoms with Crippen LogP contribution in [0.5, 0.6) is 0 Å². The number of rotatable bonds is 2. The molecule has 1 aliphatic heterocycles. The molecule has 0 amide bonds. The Morgan fingerprint density at radius 3 is 2.47 bits per heavy atom. The summed E-state index contributed by atoms with van der Waals surface area (Å²) in [6.07, 6.45) is 1.44. The highest BCUT2D eigenvalue weighted by atomic mass is 16.8. The van der Waals surface area contributed by atoms with Crippen LogP contribution in [0.15, 0.2) is 36.1 Å². The van der Waals surface area contributed by atoms with Gasteiger partial charge in [0.05, 0.1) is 0 Å². The van der Waals surface area contributed by atoms with E-state index in [0.717, 1.165) is 5.56 Å². The SMILES string of the molecule is CC1(C(=O)O)OC(=O)C(=Cc2ccccc2)O1. The van der Waals surface area contributed by atoms with E-state index < -0.39 is 17.7 Å². The minimum Gasteiger partial charge on any atom is -0.475 e.